The van der Waals surface area contributed by atoms with Crippen LogP contribution in [0.2, 0.25) is 5.02 Å². The van der Waals surface area contributed by atoms with E-state index in [1.165, 1.54) is 24.3 Å². The number of hydrogen-bond acceptors (Lipinski definition) is 5. The van der Waals surface area contributed by atoms with Crippen LogP contribution in [0.4, 0.5) is 26.1 Å². The van der Waals surface area contributed by atoms with Crippen LogP contribution in [0, 0.1) is 11.6 Å². The molecule has 0 spiro atoms. The molecular formula is C30H19ClF2N6O. The van der Waals surface area contributed by atoms with Crippen LogP contribution in [0.25, 0.3) is 28.0 Å². The molecule has 6 rings (SSSR count). The van der Waals surface area contributed by atoms with E-state index in [-0.39, 0.29) is 22.4 Å². The van der Waals surface area contributed by atoms with Gasteiger partial charge in [-0.3, -0.25) is 4.79 Å². The van der Waals surface area contributed by atoms with Crippen molar-refractivity contribution in [1.29, 1.82) is 0 Å². The third-order valence-electron chi connectivity index (χ3n) is 6.10. The van der Waals surface area contributed by atoms with Gasteiger partial charge in [-0.25, -0.2) is 23.3 Å². The second-order valence-corrected chi connectivity index (χ2v) is 9.22. The summed E-state index contributed by atoms with van der Waals surface area (Å²) in [6.45, 7) is 0. The minimum atomic E-state index is -0.561. The number of amides is 1. The minimum absolute atomic E-state index is 0.0276. The van der Waals surface area contributed by atoms with Crippen molar-refractivity contribution in [3.8, 4) is 22.5 Å². The Balaban J connectivity index is 1.39. The molecule has 196 valence electrons. The number of anilines is 3. The van der Waals surface area contributed by atoms with Gasteiger partial charge in [0.2, 0.25) is 5.95 Å². The molecule has 0 saturated heterocycles. The Bertz CT molecular complexity index is 1890. The minimum Gasteiger partial charge on any atom is -0.324 e. The van der Waals surface area contributed by atoms with E-state index in [1.807, 2.05) is 30.5 Å². The highest BCUT2D eigenvalue weighted by Gasteiger charge is 2.19. The third-order valence-corrected chi connectivity index (χ3v) is 6.43. The topological polar surface area (TPSA) is 84.2 Å². The average Bonchev–Trinajstić information content (AvgIpc) is 3.34. The summed E-state index contributed by atoms with van der Waals surface area (Å²) in [7, 11) is 0. The number of carbonyl (C=O) groups is 1. The molecule has 0 atom stereocenters. The molecule has 0 aliphatic rings. The standard InChI is InChI=1S/C30H19ClF2N6O/c31-24-11-10-20(33)17-23(24)29(40)35-21-7-3-5-18(15-21)28-27(26-9-1-2-14-39(26)38-28)25-12-13-34-30(37-25)36-22-8-4-6-19(32)16-22/h1-17H,(H,35,40)(H,34,36,37). The number of halogens is 3. The van der Waals surface area contributed by atoms with Gasteiger partial charge in [0.05, 0.1) is 27.4 Å². The highest BCUT2D eigenvalue weighted by molar-refractivity contribution is 6.34. The molecule has 6 aromatic rings. The van der Waals surface area contributed by atoms with E-state index in [9.17, 15) is 13.6 Å². The Morgan fingerprint density at radius 1 is 0.850 bits per heavy atom. The molecule has 7 nitrogen and oxygen atoms in total. The highest BCUT2D eigenvalue weighted by Crippen LogP contribution is 2.35. The van der Waals surface area contributed by atoms with Crippen molar-refractivity contribution in [2.24, 2.45) is 0 Å². The van der Waals surface area contributed by atoms with Crippen molar-refractivity contribution in [3.05, 3.63) is 126 Å². The lowest BCUT2D eigenvalue weighted by molar-refractivity contribution is 0.102. The van der Waals surface area contributed by atoms with Gasteiger partial charge in [0, 0.05) is 29.3 Å². The third kappa shape index (κ3) is 5.10. The fourth-order valence-corrected chi connectivity index (χ4v) is 4.52. The van der Waals surface area contributed by atoms with Crippen LogP contribution in [0.1, 0.15) is 10.4 Å². The number of nitrogens with one attached hydrogen (secondary N) is 2. The molecule has 10 heteroatoms. The lowest BCUT2D eigenvalue weighted by atomic mass is 10.0. The maximum atomic E-state index is 13.7. The van der Waals surface area contributed by atoms with Gasteiger partial charge >= 0.3 is 0 Å². The van der Waals surface area contributed by atoms with Crippen molar-refractivity contribution >= 4 is 40.3 Å². The van der Waals surface area contributed by atoms with Gasteiger partial charge in [-0.15, -0.1) is 0 Å². The Morgan fingerprint density at radius 2 is 1.68 bits per heavy atom. The van der Waals surface area contributed by atoms with E-state index in [1.54, 1.807) is 47.1 Å². The van der Waals surface area contributed by atoms with E-state index in [0.717, 1.165) is 17.1 Å². The van der Waals surface area contributed by atoms with Crippen LogP contribution in [0.15, 0.2) is 103 Å². The Labute approximate surface area is 232 Å². The molecule has 0 aliphatic carbocycles. The van der Waals surface area contributed by atoms with Crippen molar-refractivity contribution in [2.75, 3.05) is 10.6 Å². The number of aromatic nitrogens is 4. The number of pyridine rings is 1. The molecule has 0 unspecified atom stereocenters. The first-order chi connectivity index (χ1) is 19.4. The average molecular weight is 553 g/mol. The lowest BCUT2D eigenvalue weighted by Gasteiger charge is -2.10. The second kappa shape index (κ2) is 10.5. The SMILES string of the molecule is O=C(Nc1cccc(-c2nn3ccccc3c2-c2ccnc(Nc3cccc(F)c3)n2)c1)c1cc(F)ccc1Cl. The molecular weight excluding hydrogens is 534 g/mol. The van der Waals surface area contributed by atoms with Crippen LogP contribution >= 0.6 is 11.6 Å². The number of rotatable bonds is 6. The largest absolute Gasteiger partial charge is 0.324 e. The van der Waals surface area contributed by atoms with E-state index in [2.05, 4.69) is 20.6 Å². The Morgan fingerprint density at radius 3 is 2.55 bits per heavy atom. The fraction of sp³-hybridized carbons (Fsp3) is 0. The van der Waals surface area contributed by atoms with E-state index < -0.39 is 11.7 Å². The second-order valence-electron chi connectivity index (χ2n) is 8.81. The van der Waals surface area contributed by atoms with E-state index in [0.29, 0.717) is 28.3 Å². The summed E-state index contributed by atoms with van der Waals surface area (Å²) in [6.07, 6.45) is 3.44. The summed E-state index contributed by atoms with van der Waals surface area (Å²) in [5, 5.41) is 10.7. The zero-order valence-electron chi connectivity index (χ0n) is 20.6. The first-order valence-electron chi connectivity index (χ1n) is 12.1. The van der Waals surface area contributed by atoms with Crippen LogP contribution in [-0.2, 0) is 0 Å². The molecule has 3 aromatic carbocycles. The van der Waals surface area contributed by atoms with Crippen molar-refractivity contribution in [1.82, 2.24) is 19.6 Å². The summed E-state index contributed by atoms with van der Waals surface area (Å²) in [6, 6.07) is 24.2. The molecule has 40 heavy (non-hydrogen) atoms. The summed E-state index contributed by atoms with van der Waals surface area (Å²) >= 11 is 6.11. The normalized spacial score (nSPS) is 11.0. The van der Waals surface area contributed by atoms with Crippen LogP contribution in [0.5, 0.6) is 0 Å². The lowest BCUT2D eigenvalue weighted by Crippen LogP contribution is -2.12. The van der Waals surface area contributed by atoms with Gasteiger partial charge in [-0.2, -0.15) is 5.10 Å². The molecule has 2 N–H and O–H groups in total. The number of hydrogen-bond donors (Lipinski definition) is 2. The van der Waals surface area contributed by atoms with Crippen molar-refractivity contribution in [3.63, 3.8) is 0 Å². The van der Waals surface area contributed by atoms with Crippen LogP contribution < -0.4 is 10.6 Å². The molecule has 0 aliphatic heterocycles. The molecule has 3 aromatic heterocycles. The highest BCUT2D eigenvalue weighted by atomic mass is 35.5. The predicted molar refractivity (Wildman–Crippen MR) is 151 cm³/mol. The van der Waals surface area contributed by atoms with Gasteiger partial charge in [0.15, 0.2) is 0 Å². The molecule has 3 heterocycles. The zero-order valence-corrected chi connectivity index (χ0v) is 21.4. The van der Waals surface area contributed by atoms with Gasteiger partial charge in [0.25, 0.3) is 5.91 Å². The quantitative estimate of drug-likeness (QED) is 0.225. The zero-order chi connectivity index (χ0) is 27.6. The molecule has 0 bridgehead atoms. The van der Waals surface area contributed by atoms with Gasteiger partial charge in [-0.1, -0.05) is 35.9 Å². The van der Waals surface area contributed by atoms with E-state index >= 15 is 0 Å². The molecule has 1 amide bonds. The summed E-state index contributed by atoms with van der Waals surface area (Å²) in [4.78, 5) is 21.8. The molecule has 0 fully saturated rings. The maximum Gasteiger partial charge on any atom is 0.257 e. The van der Waals surface area contributed by atoms with Crippen molar-refractivity contribution in [2.45, 2.75) is 0 Å². The number of nitrogens with zero attached hydrogens (tertiary/aromatic N) is 4. The molecule has 0 saturated carbocycles. The number of benzene rings is 3. The Kier molecular flexibility index (Phi) is 6.63. The van der Waals surface area contributed by atoms with Gasteiger partial charge < -0.3 is 10.6 Å². The van der Waals surface area contributed by atoms with Crippen molar-refractivity contribution < 1.29 is 13.6 Å². The number of carbonyl (C=O) groups excluding carboxylic acids is 1. The number of fused-ring (bicyclic) bond motifs is 1. The van der Waals surface area contributed by atoms with Gasteiger partial charge in [0.1, 0.15) is 17.3 Å². The molecule has 0 radical (unpaired) electrons. The monoisotopic (exact) mass is 552 g/mol. The summed E-state index contributed by atoms with van der Waals surface area (Å²) in [5.41, 5.74) is 4.46. The smallest absolute Gasteiger partial charge is 0.257 e. The predicted octanol–water partition coefficient (Wildman–Crippen LogP) is 7.39. The Hall–Kier alpha value is -5.15. The van der Waals surface area contributed by atoms with E-state index in [4.69, 9.17) is 16.7 Å². The van der Waals surface area contributed by atoms with Crippen LogP contribution in [0.3, 0.4) is 0 Å². The van der Waals surface area contributed by atoms with Crippen LogP contribution in [-0.4, -0.2) is 25.5 Å². The first kappa shape index (κ1) is 25.1. The maximum absolute atomic E-state index is 13.7. The van der Waals surface area contributed by atoms with Gasteiger partial charge in [-0.05, 0) is 66.7 Å². The fourth-order valence-electron chi connectivity index (χ4n) is 4.32. The first-order valence-corrected chi connectivity index (χ1v) is 12.5. The summed E-state index contributed by atoms with van der Waals surface area (Å²) in [5.74, 6) is -1.19. The summed E-state index contributed by atoms with van der Waals surface area (Å²) < 4.78 is 29.2.